The van der Waals surface area contributed by atoms with Crippen molar-refractivity contribution in [2.75, 3.05) is 23.4 Å². The van der Waals surface area contributed by atoms with E-state index in [4.69, 9.17) is 5.26 Å². The van der Waals surface area contributed by atoms with E-state index in [1.165, 1.54) is 12.8 Å². The smallest absolute Gasteiger partial charge is 0.246 e. The second-order valence-corrected chi connectivity index (χ2v) is 5.37. The number of nitriles is 1. The van der Waals surface area contributed by atoms with E-state index in [2.05, 4.69) is 6.07 Å². The standard InChI is InChI=1S/C15H17N3O/c1-17-10-15(19)18(12-4-2-3-5-12)13-7-6-11(9-16)8-14(13)17/h6-8,12H,2-5,10H2,1H3. The van der Waals surface area contributed by atoms with Gasteiger partial charge in [-0.25, -0.2) is 0 Å². The molecule has 3 rings (SSSR count). The molecule has 98 valence electrons. The first kappa shape index (κ1) is 12.0. The summed E-state index contributed by atoms with van der Waals surface area (Å²) in [6.45, 7) is 0.401. The molecule has 0 spiro atoms. The van der Waals surface area contributed by atoms with Gasteiger partial charge in [-0.05, 0) is 31.0 Å². The number of hydrogen-bond acceptors (Lipinski definition) is 3. The van der Waals surface area contributed by atoms with Crippen LogP contribution in [0.4, 0.5) is 11.4 Å². The fourth-order valence-electron chi connectivity index (χ4n) is 3.16. The topological polar surface area (TPSA) is 47.3 Å². The van der Waals surface area contributed by atoms with E-state index in [9.17, 15) is 4.79 Å². The highest BCUT2D eigenvalue weighted by atomic mass is 16.2. The van der Waals surface area contributed by atoms with Gasteiger partial charge in [-0.1, -0.05) is 12.8 Å². The quantitative estimate of drug-likeness (QED) is 0.773. The van der Waals surface area contributed by atoms with Crippen LogP contribution in [0.5, 0.6) is 0 Å². The van der Waals surface area contributed by atoms with Crippen LogP contribution in [-0.2, 0) is 4.79 Å². The van der Waals surface area contributed by atoms with Gasteiger partial charge >= 0.3 is 0 Å². The van der Waals surface area contributed by atoms with Crippen molar-refractivity contribution in [3.8, 4) is 6.07 Å². The summed E-state index contributed by atoms with van der Waals surface area (Å²) in [6, 6.07) is 8.10. The summed E-state index contributed by atoms with van der Waals surface area (Å²) < 4.78 is 0. The number of hydrogen-bond donors (Lipinski definition) is 0. The molecule has 1 amide bonds. The van der Waals surface area contributed by atoms with E-state index < -0.39 is 0 Å². The monoisotopic (exact) mass is 255 g/mol. The van der Waals surface area contributed by atoms with Gasteiger partial charge in [-0.2, -0.15) is 5.26 Å². The van der Waals surface area contributed by atoms with Crippen LogP contribution in [-0.4, -0.2) is 25.5 Å². The van der Waals surface area contributed by atoms with E-state index in [1.54, 1.807) is 6.07 Å². The summed E-state index contributed by atoms with van der Waals surface area (Å²) in [7, 11) is 1.91. The highest BCUT2D eigenvalue weighted by Gasteiger charge is 2.34. The molecule has 0 aromatic heterocycles. The SMILES string of the molecule is CN1CC(=O)N(C2CCCC2)c2ccc(C#N)cc21. The number of anilines is 2. The molecule has 1 aliphatic carbocycles. The third kappa shape index (κ3) is 1.95. The Hall–Kier alpha value is -2.02. The van der Waals surface area contributed by atoms with Gasteiger partial charge in [0.15, 0.2) is 0 Å². The predicted molar refractivity (Wildman–Crippen MR) is 74.2 cm³/mol. The molecule has 1 aliphatic heterocycles. The predicted octanol–water partition coefficient (Wildman–Crippen LogP) is 2.28. The summed E-state index contributed by atoms with van der Waals surface area (Å²) in [5, 5.41) is 9.01. The zero-order valence-corrected chi connectivity index (χ0v) is 11.1. The number of carbonyl (C=O) groups is 1. The summed E-state index contributed by atoms with van der Waals surface area (Å²) in [4.78, 5) is 16.2. The van der Waals surface area contributed by atoms with Crippen molar-refractivity contribution in [1.82, 2.24) is 0 Å². The minimum Gasteiger partial charge on any atom is -0.364 e. The Morgan fingerprint density at radius 3 is 2.68 bits per heavy atom. The normalized spacial score (nSPS) is 19.5. The van der Waals surface area contributed by atoms with Crippen molar-refractivity contribution in [3.63, 3.8) is 0 Å². The average Bonchev–Trinajstić information content (AvgIpc) is 2.92. The molecule has 19 heavy (non-hydrogen) atoms. The van der Waals surface area contributed by atoms with Crippen LogP contribution in [0.25, 0.3) is 0 Å². The largest absolute Gasteiger partial charge is 0.364 e. The third-order valence-corrected chi connectivity index (χ3v) is 4.11. The van der Waals surface area contributed by atoms with Crippen molar-refractivity contribution in [2.24, 2.45) is 0 Å². The first-order valence-corrected chi connectivity index (χ1v) is 6.78. The molecule has 0 atom stereocenters. The van der Waals surface area contributed by atoms with Crippen LogP contribution < -0.4 is 9.80 Å². The number of nitrogens with zero attached hydrogens (tertiary/aromatic N) is 3. The van der Waals surface area contributed by atoms with Crippen LogP contribution in [0.3, 0.4) is 0 Å². The van der Waals surface area contributed by atoms with Gasteiger partial charge in [0.2, 0.25) is 5.91 Å². The summed E-state index contributed by atoms with van der Waals surface area (Å²) >= 11 is 0. The van der Waals surface area contributed by atoms with Crippen LogP contribution in [0.2, 0.25) is 0 Å². The second kappa shape index (κ2) is 4.58. The van der Waals surface area contributed by atoms with Gasteiger partial charge in [-0.3, -0.25) is 4.79 Å². The lowest BCUT2D eigenvalue weighted by molar-refractivity contribution is -0.118. The van der Waals surface area contributed by atoms with Crippen LogP contribution >= 0.6 is 0 Å². The zero-order valence-electron chi connectivity index (χ0n) is 11.1. The maximum atomic E-state index is 12.3. The van der Waals surface area contributed by atoms with Gasteiger partial charge in [0.1, 0.15) is 0 Å². The number of benzene rings is 1. The maximum absolute atomic E-state index is 12.3. The molecular weight excluding hydrogens is 238 g/mol. The lowest BCUT2D eigenvalue weighted by Gasteiger charge is -2.38. The summed E-state index contributed by atoms with van der Waals surface area (Å²) in [6.07, 6.45) is 4.59. The van der Waals surface area contributed by atoms with Crippen LogP contribution in [0.15, 0.2) is 18.2 Å². The number of amides is 1. The molecule has 0 unspecified atom stereocenters. The van der Waals surface area contributed by atoms with E-state index in [-0.39, 0.29) is 5.91 Å². The van der Waals surface area contributed by atoms with Crippen molar-refractivity contribution in [2.45, 2.75) is 31.7 Å². The van der Waals surface area contributed by atoms with Crippen LogP contribution in [0.1, 0.15) is 31.2 Å². The molecule has 2 aliphatic rings. The van der Waals surface area contributed by atoms with E-state index in [0.717, 1.165) is 24.2 Å². The Labute approximate surface area is 113 Å². The van der Waals surface area contributed by atoms with Crippen LogP contribution in [0, 0.1) is 11.3 Å². The van der Waals surface area contributed by atoms with Crippen molar-refractivity contribution in [1.29, 1.82) is 5.26 Å². The Kier molecular flexibility index (Phi) is 2.90. The van der Waals surface area contributed by atoms with Crippen molar-refractivity contribution < 1.29 is 4.79 Å². The number of carbonyl (C=O) groups excluding carboxylic acids is 1. The molecule has 0 N–H and O–H groups in total. The Bertz CT molecular complexity index is 555. The highest BCUT2D eigenvalue weighted by molar-refractivity contribution is 6.03. The van der Waals surface area contributed by atoms with E-state index in [1.807, 2.05) is 29.0 Å². The Balaban J connectivity index is 2.05. The molecule has 4 nitrogen and oxygen atoms in total. The van der Waals surface area contributed by atoms with Gasteiger partial charge in [0, 0.05) is 13.1 Å². The first-order chi connectivity index (χ1) is 9.20. The zero-order chi connectivity index (χ0) is 13.4. The van der Waals surface area contributed by atoms with Crippen molar-refractivity contribution >= 4 is 17.3 Å². The average molecular weight is 255 g/mol. The molecule has 0 radical (unpaired) electrons. The molecular formula is C15H17N3O. The molecule has 1 aromatic rings. The molecule has 1 heterocycles. The summed E-state index contributed by atoms with van der Waals surface area (Å²) in [5.74, 6) is 0.173. The lowest BCUT2D eigenvalue weighted by Crippen LogP contribution is -2.48. The second-order valence-electron chi connectivity index (χ2n) is 5.37. The fourth-order valence-corrected chi connectivity index (χ4v) is 3.16. The summed E-state index contributed by atoms with van der Waals surface area (Å²) in [5.41, 5.74) is 2.60. The maximum Gasteiger partial charge on any atom is 0.246 e. The van der Waals surface area contributed by atoms with Gasteiger partial charge in [-0.15, -0.1) is 0 Å². The number of fused-ring (bicyclic) bond motifs is 1. The molecule has 1 saturated carbocycles. The Morgan fingerprint density at radius 2 is 2.00 bits per heavy atom. The van der Waals surface area contributed by atoms with Gasteiger partial charge < -0.3 is 9.80 Å². The molecule has 0 saturated heterocycles. The molecule has 1 fully saturated rings. The first-order valence-electron chi connectivity index (χ1n) is 6.78. The number of rotatable bonds is 1. The lowest BCUT2D eigenvalue weighted by atomic mass is 10.1. The minimum atomic E-state index is 0.173. The molecule has 4 heteroatoms. The fraction of sp³-hybridized carbons (Fsp3) is 0.467. The molecule has 1 aromatic carbocycles. The molecule has 0 bridgehead atoms. The highest BCUT2D eigenvalue weighted by Crippen LogP contribution is 2.38. The van der Waals surface area contributed by atoms with Crippen molar-refractivity contribution in [3.05, 3.63) is 23.8 Å². The van der Waals surface area contributed by atoms with E-state index in [0.29, 0.717) is 18.2 Å². The Morgan fingerprint density at radius 1 is 1.26 bits per heavy atom. The third-order valence-electron chi connectivity index (χ3n) is 4.11. The van der Waals surface area contributed by atoms with E-state index >= 15 is 0 Å². The number of likely N-dealkylation sites (N-methyl/N-ethyl adjacent to an activating group) is 1. The minimum absolute atomic E-state index is 0.173. The van der Waals surface area contributed by atoms with Gasteiger partial charge in [0.25, 0.3) is 0 Å². The van der Waals surface area contributed by atoms with Gasteiger partial charge in [0.05, 0.1) is 29.6 Å².